The van der Waals surface area contributed by atoms with Gasteiger partial charge in [-0.2, -0.15) is 0 Å². The summed E-state index contributed by atoms with van der Waals surface area (Å²) < 4.78 is 11.6. The van der Waals surface area contributed by atoms with Crippen LogP contribution in [0.1, 0.15) is 67.0 Å². The molecule has 2 aromatic carbocycles. The van der Waals surface area contributed by atoms with Gasteiger partial charge >= 0.3 is 0 Å². The molecular formula is C26H30N2O3. The average Bonchev–Trinajstić information content (AvgIpc) is 2.74. The van der Waals surface area contributed by atoms with E-state index in [9.17, 15) is 4.79 Å². The first-order valence-corrected chi connectivity index (χ1v) is 10.7. The molecule has 1 heterocycles. The molecule has 1 amide bonds. The van der Waals surface area contributed by atoms with Gasteiger partial charge in [-0.25, -0.2) is 0 Å². The Morgan fingerprint density at radius 3 is 2.39 bits per heavy atom. The van der Waals surface area contributed by atoms with Crippen molar-refractivity contribution < 1.29 is 14.3 Å². The van der Waals surface area contributed by atoms with Gasteiger partial charge in [-0.15, -0.1) is 0 Å². The molecule has 5 nitrogen and oxygen atoms in total. The Morgan fingerprint density at radius 1 is 1.00 bits per heavy atom. The molecule has 0 spiro atoms. The summed E-state index contributed by atoms with van der Waals surface area (Å²) in [5, 5.41) is 2.94. The minimum absolute atomic E-state index is 0.108. The first-order chi connectivity index (χ1) is 14.9. The molecule has 162 valence electrons. The number of aryl methyl sites for hydroxylation is 1. The Balaban J connectivity index is 1.72. The summed E-state index contributed by atoms with van der Waals surface area (Å²) in [5.74, 6) is 1.65. The Morgan fingerprint density at radius 2 is 1.71 bits per heavy atom. The van der Waals surface area contributed by atoms with Crippen LogP contribution in [0.3, 0.4) is 0 Å². The maximum Gasteiger partial charge on any atom is 0.257 e. The smallest absolute Gasteiger partial charge is 0.257 e. The number of aromatic nitrogens is 1. The van der Waals surface area contributed by atoms with Crippen molar-refractivity contribution >= 4 is 11.6 Å². The number of rotatable bonds is 8. The van der Waals surface area contributed by atoms with Gasteiger partial charge in [-0.05, 0) is 68.7 Å². The number of benzene rings is 2. The van der Waals surface area contributed by atoms with Gasteiger partial charge in [0, 0.05) is 18.4 Å². The molecule has 5 heteroatoms. The number of nitrogens with one attached hydrogen (secondary N) is 1. The van der Waals surface area contributed by atoms with Gasteiger partial charge in [0.25, 0.3) is 5.91 Å². The predicted octanol–water partition coefficient (Wildman–Crippen LogP) is 6.66. The standard InChI is InChI=1S/C26H30N2O3/c1-6-30-19(5)25-14-13-24(18(4)27-25)26(29)28-21-10-8-12-23(16-21)31-22-11-7-9-20(15-22)17(2)3/h7-17,19H,6H2,1-5H3,(H,28,29). The first kappa shape index (κ1) is 22.5. The van der Waals surface area contributed by atoms with Crippen molar-refractivity contribution in [2.45, 2.75) is 46.6 Å². The highest BCUT2D eigenvalue weighted by molar-refractivity contribution is 6.05. The van der Waals surface area contributed by atoms with Crippen LogP contribution in [0.5, 0.6) is 11.5 Å². The van der Waals surface area contributed by atoms with E-state index in [1.54, 1.807) is 6.07 Å². The average molecular weight is 419 g/mol. The number of carbonyl (C=O) groups is 1. The molecule has 31 heavy (non-hydrogen) atoms. The number of nitrogens with zero attached hydrogens (tertiary/aromatic N) is 1. The largest absolute Gasteiger partial charge is 0.457 e. The molecule has 0 aliphatic carbocycles. The fourth-order valence-corrected chi connectivity index (χ4v) is 3.29. The van der Waals surface area contributed by atoms with Crippen LogP contribution in [0.25, 0.3) is 0 Å². The Labute approximate surface area is 184 Å². The van der Waals surface area contributed by atoms with E-state index in [4.69, 9.17) is 9.47 Å². The van der Waals surface area contributed by atoms with E-state index in [1.807, 2.05) is 69.3 Å². The van der Waals surface area contributed by atoms with Crippen LogP contribution in [-0.2, 0) is 4.74 Å². The molecular weight excluding hydrogens is 388 g/mol. The summed E-state index contributed by atoms with van der Waals surface area (Å²) in [7, 11) is 0. The van der Waals surface area contributed by atoms with Crippen molar-refractivity contribution in [2.24, 2.45) is 0 Å². The third-order valence-corrected chi connectivity index (χ3v) is 5.04. The van der Waals surface area contributed by atoms with Crippen LogP contribution in [0.15, 0.2) is 60.7 Å². The molecule has 1 aromatic heterocycles. The number of amides is 1. The number of anilines is 1. The van der Waals surface area contributed by atoms with Crippen molar-refractivity contribution in [1.29, 1.82) is 0 Å². The van der Waals surface area contributed by atoms with Gasteiger partial charge in [-0.1, -0.05) is 32.0 Å². The van der Waals surface area contributed by atoms with Crippen LogP contribution < -0.4 is 10.1 Å². The number of hydrogen-bond donors (Lipinski definition) is 1. The van der Waals surface area contributed by atoms with Crippen molar-refractivity contribution in [1.82, 2.24) is 4.98 Å². The SMILES string of the molecule is CCOC(C)c1ccc(C(=O)Nc2cccc(Oc3cccc(C(C)C)c3)c2)c(C)n1. The van der Waals surface area contributed by atoms with Gasteiger partial charge < -0.3 is 14.8 Å². The van der Waals surface area contributed by atoms with Crippen LogP contribution in [0, 0.1) is 6.92 Å². The van der Waals surface area contributed by atoms with E-state index in [2.05, 4.69) is 30.2 Å². The van der Waals surface area contributed by atoms with E-state index < -0.39 is 0 Å². The van der Waals surface area contributed by atoms with Gasteiger partial charge in [0.1, 0.15) is 11.5 Å². The highest BCUT2D eigenvalue weighted by Crippen LogP contribution is 2.27. The van der Waals surface area contributed by atoms with Gasteiger partial charge in [0.15, 0.2) is 0 Å². The van der Waals surface area contributed by atoms with E-state index >= 15 is 0 Å². The Bertz CT molecular complexity index is 1050. The summed E-state index contributed by atoms with van der Waals surface area (Å²) in [6.45, 7) is 10.6. The summed E-state index contributed by atoms with van der Waals surface area (Å²) in [5.41, 5.74) is 3.89. The zero-order valence-electron chi connectivity index (χ0n) is 18.8. The quantitative estimate of drug-likeness (QED) is 0.444. The van der Waals surface area contributed by atoms with E-state index in [0.717, 1.165) is 11.4 Å². The molecule has 1 N–H and O–H groups in total. The molecule has 1 unspecified atom stereocenters. The second-order valence-electron chi connectivity index (χ2n) is 7.78. The molecule has 0 saturated heterocycles. The van der Waals surface area contributed by atoms with Crippen LogP contribution in [0.2, 0.25) is 0 Å². The summed E-state index contributed by atoms with van der Waals surface area (Å²) in [4.78, 5) is 17.3. The van der Waals surface area contributed by atoms with E-state index in [1.165, 1.54) is 5.56 Å². The second-order valence-corrected chi connectivity index (χ2v) is 7.78. The number of ether oxygens (including phenoxy) is 2. The summed E-state index contributed by atoms with van der Waals surface area (Å²) in [6.07, 6.45) is -0.108. The van der Waals surface area contributed by atoms with Crippen molar-refractivity contribution in [2.75, 3.05) is 11.9 Å². The van der Waals surface area contributed by atoms with E-state index in [-0.39, 0.29) is 12.0 Å². The number of hydrogen-bond acceptors (Lipinski definition) is 4. The van der Waals surface area contributed by atoms with Crippen LogP contribution in [0.4, 0.5) is 5.69 Å². The third-order valence-electron chi connectivity index (χ3n) is 5.04. The van der Waals surface area contributed by atoms with Crippen LogP contribution >= 0.6 is 0 Å². The summed E-state index contributed by atoms with van der Waals surface area (Å²) in [6, 6.07) is 19.0. The van der Waals surface area contributed by atoms with E-state index in [0.29, 0.717) is 35.2 Å². The van der Waals surface area contributed by atoms with Gasteiger partial charge in [-0.3, -0.25) is 9.78 Å². The predicted molar refractivity (Wildman–Crippen MR) is 124 cm³/mol. The van der Waals surface area contributed by atoms with Gasteiger partial charge in [0.05, 0.1) is 23.1 Å². The Hall–Kier alpha value is -3.18. The number of carbonyl (C=O) groups excluding carboxylic acids is 1. The lowest BCUT2D eigenvalue weighted by molar-refractivity contribution is 0.0732. The summed E-state index contributed by atoms with van der Waals surface area (Å²) >= 11 is 0. The zero-order valence-corrected chi connectivity index (χ0v) is 18.8. The molecule has 0 saturated carbocycles. The molecule has 3 aromatic rings. The minimum Gasteiger partial charge on any atom is -0.457 e. The fraction of sp³-hybridized carbons (Fsp3) is 0.308. The third kappa shape index (κ3) is 5.92. The topological polar surface area (TPSA) is 60.5 Å². The molecule has 0 bridgehead atoms. The molecule has 0 fully saturated rings. The molecule has 0 aliphatic rings. The van der Waals surface area contributed by atoms with Crippen molar-refractivity contribution in [3.63, 3.8) is 0 Å². The molecule has 3 rings (SSSR count). The lowest BCUT2D eigenvalue weighted by atomic mass is 10.0. The monoisotopic (exact) mass is 418 g/mol. The maximum absolute atomic E-state index is 12.8. The number of pyridine rings is 1. The fourth-order valence-electron chi connectivity index (χ4n) is 3.29. The highest BCUT2D eigenvalue weighted by Gasteiger charge is 2.14. The van der Waals surface area contributed by atoms with Crippen LogP contribution in [-0.4, -0.2) is 17.5 Å². The highest BCUT2D eigenvalue weighted by atomic mass is 16.5. The van der Waals surface area contributed by atoms with Gasteiger partial charge in [0.2, 0.25) is 0 Å². The molecule has 0 radical (unpaired) electrons. The van der Waals surface area contributed by atoms with Crippen molar-refractivity contribution in [3.8, 4) is 11.5 Å². The Kier molecular flexibility index (Phi) is 7.42. The lowest BCUT2D eigenvalue weighted by Gasteiger charge is -2.14. The normalized spacial score (nSPS) is 11.9. The molecule has 0 aliphatic heterocycles. The van der Waals surface area contributed by atoms with Crippen molar-refractivity contribution in [3.05, 3.63) is 83.2 Å². The maximum atomic E-state index is 12.8. The first-order valence-electron chi connectivity index (χ1n) is 10.7. The zero-order chi connectivity index (χ0) is 22.4. The minimum atomic E-state index is -0.209. The second kappa shape index (κ2) is 10.2. The molecule has 1 atom stereocenters. The lowest BCUT2D eigenvalue weighted by Crippen LogP contribution is -2.15.